The van der Waals surface area contributed by atoms with Crippen molar-refractivity contribution in [3.8, 4) is 0 Å². The van der Waals surface area contributed by atoms with Crippen LogP contribution in [0.3, 0.4) is 0 Å². The highest BCUT2D eigenvalue weighted by molar-refractivity contribution is 7.11. The number of hydrogen-bond donors (Lipinski definition) is 2. The van der Waals surface area contributed by atoms with Gasteiger partial charge in [0.25, 0.3) is 0 Å². The second kappa shape index (κ2) is 7.45. The zero-order valence-corrected chi connectivity index (χ0v) is 11.7. The van der Waals surface area contributed by atoms with E-state index in [1.807, 2.05) is 0 Å². The fourth-order valence-electron chi connectivity index (χ4n) is 1.49. The Bertz CT molecular complexity index is 347. The van der Waals surface area contributed by atoms with E-state index in [1.165, 1.54) is 9.75 Å². The maximum atomic E-state index is 11.5. The van der Waals surface area contributed by atoms with Crippen molar-refractivity contribution in [3.63, 3.8) is 0 Å². The normalized spacial score (nSPS) is 10.8. The molecule has 0 aliphatic heterocycles. The average Bonchev–Trinajstić information content (AvgIpc) is 2.67. The fourth-order valence-corrected chi connectivity index (χ4v) is 2.32. The molecule has 0 radical (unpaired) electrons. The van der Waals surface area contributed by atoms with Gasteiger partial charge in [0, 0.05) is 22.2 Å². The summed E-state index contributed by atoms with van der Waals surface area (Å²) in [5.74, 6) is 0.140. The van der Waals surface area contributed by atoms with Crippen LogP contribution < -0.4 is 10.6 Å². The molecule has 2 N–H and O–H groups in total. The topological polar surface area (TPSA) is 41.1 Å². The number of rotatable bonds is 7. The smallest absolute Gasteiger partial charge is 0.220 e. The Morgan fingerprint density at radius 1 is 1.41 bits per heavy atom. The predicted molar refractivity (Wildman–Crippen MR) is 73.3 cm³/mol. The van der Waals surface area contributed by atoms with Crippen LogP contribution >= 0.6 is 11.3 Å². The van der Waals surface area contributed by atoms with Crippen LogP contribution in [0.1, 0.15) is 36.4 Å². The fraction of sp³-hybridized carbons (Fsp3) is 0.615. The highest BCUT2D eigenvalue weighted by atomic mass is 32.1. The summed E-state index contributed by atoms with van der Waals surface area (Å²) >= 11 is 1.73. The van der Waals surface area contributed by atoms with Crippen molar-refractivity contribution in [3.05, 3.63) is 21.9 Å². The zero-order chi connectivity index (χ0) is 12.7. The molecule has 0 saturated carbocycles. The summed E-state index contributed by atoms with van der Waals surface area (Å²) in [7, 11) is 0. The van der Waals surface area contributed by atoms with Gasteiger partial charge in [0.15, 0.2) is 0 Å². The molecule has 0 unspecified atom stereocenters. The summed E-state index contributed by atoms with van der Waals surface area (Å²) in [6.07, 6.45) is 1.50. The molecule has 0 aromatic carbocycles. The van der Waals surface area contributed by atoms with Gasteiger partial charge in [-0.15, -0.1) is 11.3 Å². The number of carbonyl (C=O) groups excluding carboxylic acids is 1. The molecule has 1 aromatic rings. The molecule has 1 heterocycles. The molecule has 1 rings (SSSR count). The Morgan fingerprint density at radius 2 is 2.18 bits per heavy atom. The third kappa shape index (κ3) is 6.44. The van der Waals surface area contributed by atoms with E-state index in [4.69, 9.17) is 0 Å². The second-order valence-corrected chi connectivity index (χ2v) is 5.87. The first-order chi connectivity index (χ1) is 8.08. The van der Waals surface area contributed by atoms with Gasteiger partial charge in [0.1, 0.15) is 0 Å². The van der Waals surface area contributed by atoms with Gasteiger partial charge >= 0.3 is 0 Å². The van der Waals surface area contributed by atoms with Gasteiger partial charge in [-0.1, -0.05) is 13.8 Å². The van der Waals surface area contributed by atoms with Crippen LogP contribution in [0.2, 0.25) is 0 Å². The predicted octanol–water partition coefficient (Wildman–Crippen LogP) is 2.45. The van der Waals surface area contributed by atoms with Crippen LogP contribution in [-0.4, -0.2) is 18.5 Å². The molecule has 0 bridgehead atoms. The maximum absolute atomic E-state index is 11.5. The number of hydrogen-bond acceptors (Lipinski definition) is 3. The van der Waals surface area contributed by atoms with Gasteiger partial charge in [-0.3, -0.25) is 4.79 Å². The van der Waals surface area contributed by atoms with E-state index in [-0.39, 0.29) is 5.91 Å². The Labute approximate surface area is 108 Å². The summed E-state index contributed by atoms with van der Waals surface area (Å²) in [5, 5.41) is 6.24. The van der Waals surface area contributed by atoms with Gasteiger partial charge in [0.2, 0.25) is 5.91 Å². The molecule has 0 atom stereocenters. The van der Waals surface area contributed by atoms with Crippen LogP contribution in [0.25, 0.3) is 0 Å². The van der Waals surface area contributed by atoms with Gasteiger partial charge < -0.3 is 10.6 Å². The number of thiophene rings is 1. The van der Waals surface area contributed by atoms with E-state index in [9.17, 15) is 4.79 Å². The lowest BCUT2D eigenvalue weighted by atomic mass is 10.2. The van der Waals surface area contributed by atoms with E-state index in [1.54, 1.807) is 11.3 Å². The van der Waals surface area contributed by atoms with Crippen molar-refractivity contribution >= 4 is 17.2 Å². The molecular formula is C13H22N2OS. The Morgan fingerprint density at radius 3 is 2.76 bits per heavy atom. The van der Waals surface area contributed by atoms with Gasteiger partial charge in [-0.2, -0.15) is 0 Å². The molecule has 17 heavy (non-hydrogen) atoms. The van der Waals surface area contributed by atoms with Crippen LogP contribution in [-0.2, 0) is 11.3 Å². The van der Waals surface area contributed by atoms with Crippen LogP contribution in [0.15, 0.2) is 12.1 Å². The summed E-state index contributed by atoms with van der Waals surface area (Å²) in [5.41, 5.74) is 0. The van der Waals surface area contributed by atoms with Crippen LogP contribution in [0.4, 0.5) is 0 Å². The quantitative estimate of drug-likeness (QED) is 0.734. The van der Waals surface area contributed by atoms with Crippen LogP contribution in [0, 0.1) is 6.92 Å². The molecule has 1 aromatic heterocycles. The first kappa shape index (κ1) is 14.2. The van der Waals surface area contributed by atoms with Crippen molar-refractivity contribution in [2.45, 2.75) is 46.2 Å². The first-order valence-electron chi connectivity index (χ1n) is 6.13. The Hall–Kier alpha value is -0.870. The third-order valence-corrected chi connectivity index (χ3v) is 3.39. The van der Waals surface area contributed by atoms with Crippen molar-refractivity contribution < 1.29 is 4.79 Å². The van der Waals surface area contributed by atoms with E-state index < -0.39 is 0 Å². The van der Waals surface area contributed by atoms with Crippen molar-refractivity contribution in [1.29, 1.82) is 0 Å². The van der Waals surface area contributed by atoms with Gasteiger partial charge in [-0.05, 0) is 32.0 Å². The lowest BCUT2D eigenvalue weighted by Gasteiger charge is -2.07. The monoisotopic (exact) mass is 254 g/mol. The summed E-state index contributed by atoms with van der Waals surface area (Å²) in [4.78, 5) is 14.0. The van der Waals surface area contributed by atoms with Crippen molar-refractivity contribution in [2.75, 3.05) is 6.54 Å². The molecule has 0 fully saturated rings. The average molecular weight is 254 g/mol. The van der Waals surface area contributed by atoms with E-state index in [2.05, 4.69) is 43.5 Å². The second-order valence-electron chi connectivity index (χ2n) is 4.50. The van der Waals surface area contributed by atoms with Gasteiger partial charge in [0.05, 0.1) is 6.54 Å². The Kier molecular flexibility index (Phi) is 6.22. The molecule has 96 valence electrons. The maximum Gasteiger partial charge on any atom is 0.220 e. The van der Waals surface area contributed by atoms with Crippen LogP contribution in [0.5, 0.6) is 0 Å². The highest BCUT2D eigenvalue weighted by Crippen LogP contribution is 2.14. The van der Waals surface area contributed by atoms with E-state index >= 15 is 0 Å². The molecule has 0 spiro atoms. The summed E-state index contributed by atoms with van der Waals surface area (Å²) in [6.45, 7) is 7.87. The lowest BCUT2D eigenvalue weighted by Crippen LogP contribution is -2.26. The number of carbonyl (C=O) groups is 1. The minimum Gasteiger partial charge on any atom is -0.351 e. The largest absolute Gasteiger partial charge is 0.351 e. The molecule has 0 saturated heterocycles. The minimum atomic E-state index is 0.140. The molecular weight excluding hydrogens is 232 g/mol. The van der Waals surface area contributed by atoms with Crippen molar-refractivity contribution in [2.24, 2.45) is 0 Å². The molecule has 0 aliphatic rings. The SMILES string of the molecule is Cc1ccc(CNC(=O)CCCNC(C)C)s1. The Balaban J connectivity index is 2.09. The number of aryl methyl sites for hydroxylation is 1. The molecule has 3 nitrogen and oxygen atoms in total. The van der Waals surface area contributed by atoms with E-state index in [0.717, 1.165) is 13.0 Å². The number of amides is 1. The van der Waals surface area contributed by atoms with E-state index in [0.29, 0.717) is 19.0 Å². The molecule has 0 aliphatic carbocycles. The third-order valence-electron chi connectivity index (χ3n) is 2.39. The molecule has 1 amide bonds. The van der Waals surface area contributed by atoms with Crippen molar-refractivity contribution in [1.82, 2.24) is 10.6 Å². The van der Waals surface area contributed by atoms with Gasteiger partial charge in [-0.25, -0.2) is 0 Å². The zero-order valence-electron chi connectivity index (χ0n) is 10.9. The standard InChI is InChI=1S/C13H22N2OS/c1-10(2)14-8-4-5-13(16)15-9-12-7-6-11(3)17-12/h6-7,10,14H,4-5,8-9H2,1-3H3,(H,15,16). The summed E-state index contributed by atoms with van der Waals surface area (Å²) in [6, 6.07) is 4.64. The minimum absolute atomic E-state index is 0.140. The number of nitrogens with one attached hydrogen (secondary N) is 2. The summed E-state index contributed by atoms with van der Waals surface area (Å²) < 4.78 is 0. The first-order valence-corrected chi connectivity index (χ1v) is 6.95. The molecule has 4 heteroatoms. The highest BCUT2D eigenvalue weighted by Gasteiger charge is 2.02. The lowest BCUT2D eigenvalue weighted by molar-refractivity contribution is -0.121.